The molecule has 1 saturated heterocycles. The number of hydrogen-bond acceptors (Lipinski definition) is 4. The molecule has 2 aromatic rings. The van der Waals surface area contributed by atoms with Gasteiger partial charge in [0, 0.05) is 44.1 Å². The van der Waals surface area contributed by atoms with Gasteiger partial charge in [0.2, 0.25) is 10.0 Å². The van der Waals surface area contributed by atoms with E-state index in [4.69, 9.17) is 0 Å². The Hall–Kier alpha value is -2.19. The summed E-state index contributed by atoms with van der Waals surface area (Å²) in [5.41, 5.74) is 1.47. The minimum absolute atomic E-state index is 0.0785. The molecule has 0 atom stereocenters. The van der Waals surface area contributed by atoms with E-state index < -0.39 is 10.0 Å². The van der Waals surface area contributed by atoms with Gasteiger partial charge >= 0.3 is 0 Å². The van der Waals surface area contributed by atoms with Crippen LogP contribution < -0.4 is 0 Å². The Morgan fingerprint density at radius 2 is 1.74 bits per heavy atom. The van der Waals surface area contributed by atoms with Crippen molar-refractivity contribution in [1.29, 1.82) is 0 Å². The molecule has 0 bridgehead atoms. The Morgan fingerprint density at radius 3 is 2.26 bits per heavy atom. The maximum atomic E-state index is 12.5. The second kappa shape index (κ2) is 6.13. The van der Waals surface area contributed by atoms with Gasteiger partial charge in [0.25, 0.3) is 5.91 Å². The average Bonchev–Trinajstić information content (AvgIpc) is 3.08. The molecule has 1 aliphatic rings. The molecule has 1 fully saturated rings. The standard InChI is InChI=1S/C15H18N4O3S/c1-23(21,22)18-11-9-17(10-12-18)15(20)13-3-5-14(6-4-13)19-8-2-7-16-19/h2-8H,9-12H2,1H3. The van der Waals surface area contributed by atoms with E-state index in [1.165, 1.54) is 10.6 Å². The highest BCUT2D eigenvalue weighted by molar-refractivity contribution is 7.88. The van der Waals surface area contributed by atoms with E-state index in [1.807, 2.05) is 24.4 Å². The van der Waals surface area contributed by atoms with Crippen molar-refractivity contribution < 1.29 is 13.2 Å². The van der Waals surface area contributed by atoms with Gasteiger partial charge in [-0.2, -0.15) is 9.40 Å². The highest BCUT2D eigenvalue weighted by Gasteiger charge is 2.26. The lowest BCUT2D eigenvalue weighted by atomic mass is 10.1. The van der Waals surface area contributed by atoms with Crippen LogP contribution >= 0.6 is 0 Å². The van der Waals surface area contributed by atoms with Gasteiger partial charge in [-0.1, -0.05) is 0 Å². The van der Waals surface area contributed by atoms with Gasteiger partial charge < -0.3 is 4.90 Å². The maximum Gasteiger partial charge on any atom is 0.253 e. The molecule has 0 N–H and O–H groups in total. The quantitative estimate of drug-likeness (QED) is 0.823. The molecule has 0 radical (unpaired) electrons. The first-order valence-corrected chi connectivity index (χ1v) is 9.14. The van der Waals surface area contributed by atoms with Crippen LogP contribution in [0.5, 0.6) is 0 Å². The normalized spacial score (nSPS) is 16.5. The van der Waals surface area contributed by atoms with E-state index in [0.29, 0.717) is 31.7 Å². The maximum absolute atomic E-state index is 12.5. The van der Waals surface area contributed by atoms with Crippen LogP contribution in [0.4, 0.5) is 0 Å². The van der Waals surface area contributed by atoms with E-state index in [1.54, 1.807) is 27.9 Å². The molecule has 122 valence electrons. The van der Waals surface area contributed by atoms with Crippen LogP contribution in [0.1, 0.15) is 10.4 Å². The molecule has 8 heteroatoms. The van der Waals surface area contributed by atoms with Gasteiger partial charge in [-0.3, -0.25) is 4.79 Å². The number of benzene rings is 1. The summed E-state index contributed by atoms with van der Waals surface area (Å²) in [6.07, 6.45) is 4.72. The van der Waals surface area contributed by atoms with Gasteiger partial charge in [-0.05, 0) is 30.3 Å². The third-order valence-corrected chi connectivity index (χ3v) is 5.18. The first-order chi connectivity index (χ1) is 10.9. The Morgan fingerprint density at radius 1 is 1.09 bits per heavy atom. The lowest BCUT2D eigenvalue weighted by Gasteiger charge is -2.33. The summed E-state index contributed by atoms with van der Waals surface area (Å²) in [4.78, 5) is 14.2. The number of sulfonamides is 1. The largest absolute Gasteiger partial charge is 0.336 e. The number of rotatable bonds is 3. The Kier molecular flexibility index (Phi) is 4.18. The van der Waals surface area contributed by atoms with Crippen molar-refractivity contribution in [3.63, 3.8) is 0 Å². The molecule has 23 heavy (non-hydrogen) atoms. The number of hydrogen-bond donors (Lipinski definition) is 0. The van der Waals surface area contributed by atoms with Crippen LogP contribution in [0, 0.1) is 0 Å². The van der Waals surface area contributed by atoms with Gasteiger partial charge in [-0.25, -0.2) is 13.1 Å². The Balaban J connectivity index is 1.67. The zero-order chi connectivity index (χ0) is 16.4. The van der Waals surface area contributed by atoms with Crippen molar-refractivity contribution in [2.24, 2.45) is 0 Å². The van der Waals surface area contributed by atoms with E-state index in [-0.39, 0.29) is 5.91 Å². The second-order valence-electron chi connectivity index (χ2n) is 5.45. The molecule has 0 spiro atoms. The molecule has 2 heterocycles. The van der Waals surface area contributed by atoms with Gasteiger partial charge in [0.05, 0.1) is 11.9 Å². The van der Waals surface area contributed by atoms with E-state index in [9.17, 15) is 13.2 Å². The zero-order valence-corrected chi connectivity index (χ0v) is 13.6. The summed E-state index contributed by atoms with van der Waals surface area (Å²) in [5.74, 6) is -0.0785. The summed E-state index contributed by atoms with van der Waals surface area (Å²) >= 11 is 0. The molecule has 7 nitrogen and oxygen atoms in total. The van der Waals surface area contributed by atoms with E-state index in [0.717, 1.165) is 5.69 Å². The smallest absolute Gasteiger partial charge is 0.253 e. The van der Waals surface area contributed by atoms with Crippen molar-refractivity contribution >= 4 is 15.9 Å². The highest BCUT2D eigenvalue weighted by Crippen LogP contribution is 2.13. The van der Waals surface area contributed by atoms with Gasteiger partial charge in [-0.15, -0.1) is 0 Å². The first-order valence-electron chi connectivity index (χ1n) is 7.29. The monoisotopic (exact) mass is 334 g/mol. The van der Waals surface area contributed by atoms with Crippen molar-refractivity contribution in [1.82, 2.24) is 19.0 Å². The summed E-state index contributed by atoms with van der Waals surface area (Å²) in [5, 5.41) is 4.14. The fraction of sp³-hybridized carbons (Fsp3) is 0.333. The first kappa shape index (κ1) is 15.7. The average molecular weight is 334 g/mol. The summed E-state index contributed by atoms with van der Waals surface area (Å²) in [6, 6.07) is 9.05. The molecule has 0 aliphatic carbocycles. The molecule has 1 aliphatic heterocycles. The number of nitrogens with zero attached hydrogens (tertiary/aromatic N) is 4. The molecule has 3 rings (SSSR count). The van der Waals surface area contributed by atoms with E-state index >= 15 is 0 Å². The summed E-state index contributed by atoms with van der Waals surface area (Å²) in [6.45, 7) is 1.51. The Labute approximate surface area is 135 Å². The van der Waals surface area contributed by atoms with Gasteiger partial charge in [0.15, 0.2) is 0 Å². The molecule has 0 saturated carbocycles. The fourth-order valence-electron chi connectivity index (χ4n) is 2.58. The van der Waals surface area contributed by atoms with E-state index in [2.05, 4.69) is 5.10 Å². The molecule has 0 unspecified atom stereocenters. The van der Waals surface area contributed by atoms with Crippen molar-refractivity contribution in [3.8, 4) is 5.69 Å². The number of aromatic nitrogens is 2. The molecule has 1 amide bonds. The minimum atomic E-state index is -3.18. The van der Waals surface area contributed by atoms with Gasteiger partial charge in [0.1, 0.15) is 0 Å². The van der Waals surface area contributed by atoms with Crippen LogP contribution in [-0.2, 0) is 10.0 Å². The molecule has 1 aromatic heterocycles. The number of carbonyl (C=O) groups is 1. The number of carbonyl (C=O) groups excluding carboxylic acids is 1. The van der Waals surface area contributed by atoms with Crippen LogP contribution in [0.15, 0.2) is 42.7 Å². The predicted octanol–water partition coefficient (Wildman–Crippen LogP) is 0.590. The Bertz CT molecular complexity index is 777. The molecule has 1 aromatic carbocycles. The SMILES string of the molecule is CS(=O)(=O)N1CCN(C(=O)c2ccc(-n3cccn3)cc2)CC1. The third-order valence-electron chi connectivity index (χ3n) is 3.88. The van der Waals surface area contributed by atoms with Crippen LogP contribution in [-0.4, -0.2) is 65.7 Å². The fourth-order valence-corrected chi connectivity index (χ4v) is 3.41. The summed E-state index contributed by atoms with van der Waals surface area (Å²) < 4.78 is 26.1. The predicted molar refractivity (Wildman–Crippen MR) is 85.9 cm³/mol. The van der Waals surface area contributed by atoms with Crippen molar-refractivity contribution in [3.05, 3.63) is 48.3 Å². The van der Waals surface area contributed by atoms with Crippen molar-refractivity contribution in [2.45, 2.75) is 0 Å². The zero-order valence-electron chi connectivity index (χ0n) is 12.8. The molecular weight excluding hydrogens is 316 g/mol. The van der Waals surface area contributed by atoms with Crippen LogP contribution in [0.25, 0.3) is 5.69 Å². The van der Waals surface area contributed by atoms with Crippen LogP contribution in [0.3, 0.4) is 0 Å². The highest BCUT2D eigenvalue weighted by atomic mass is 32.2. The topological polar surface area (TPSA) is 75.5 Å². The van der Waals surface area contributed by atoms with Crippen LogP contribution in [0.2, 0.25) is 0 Å². The minimum Gasteiger partial charge on any atom is -0.336 e. The molecular formula is C15H18N4O3S. The number of amides is 1. The summed E-state index contributed by atoms with van der Waals surface area (Å²) in [7, 11) is -3.18. The lowest BCUT2D eigenvalue weighted by molar-refractivity contribution is 0.0698. The third kappa shape index (κ3) is 3.43. The lowest BCUT2D eigenvalue weighted by Crippen LogP contribution is -2.50. The second-order valence-corrected chi connectivity index (χ2v) is 7.43. The number of piperazine rings is 1. The van der Waals surface area contributed by atoms with Crippen molar-refractivity contribution in [2.75, 3.05) is 32.4 Å².